The maximum Gasteiger partial charge on any atom is 0.243 e. The van der Waals surface area contributed by atoms with Crippen molar-refractivity contribution in [2.24, 2.45) is 7.05 Å². The molecule has 182 valence electrons. The molecule has 7 nitrogen and oxygen atoms in total. The molecule has 0 fully saturated rings. The minimum absolute atomic E-state index is 0.235. The van der Waals surface area contributed by atoms with Gasteiger partial charge >= 0.3 is 0 Å². The Labute approximate surface area is 207 Å². The minimum Gasteiger partial charge on any atom is -0.497 e. The number of nitrogens with zero attached hydrogens (tertiary/aromatic N) is 3. The molecule has 35 heavy (non-hydrogen) atoms. The Morgan fingerprint density at radius 2 is 1.74 bits per heavy atom. The largest absolute Gasteiger partial charge is 0.497 e. The van der Waals surface area contributed by atoms with E-state index >= 15 is 0 Å². The normalized spacial score (nSPS) is 11.5. The van der Waals surface area contributed by atoms with E-state index < -0.39 is 10.0 Å². The summed E-state index contributed by atoms with van der Waals surface area (Å²) in [5, 5.41) is 3.44. The van der Waals surface area contributed by atoms with Gasteiger partial charge in [-0.3, -0.25) is 0 Å². The fraction of sp³-hybridized carbons (Fsp3) is 0.222. The van der Waals surface area contributed by atoms with Crippen LogP contribution >= 0.6 is 0 Å². The molecule has 0 aliphatic heterocycles. The standard InChI is InChI=1S/C27H30N4O3S/c1-4-31(18-22-10-12-23(34-3)13-11-22)35(32,33)24-14-15-26(28-17-21-8-6-5-7-9-21)25(16-24)27-19-30(2)20-29-27/h5-16,19-20,28H,4,17-18H2,1-3H3. The number of methoxy groups -OCH3 is 1. The summed E-state index contributed by atoms with van der Waals surface area (Å²) in [7, 11) is -0.236. The van der Waals surface area contributed by atoms with Crippen molar-refractivity contribution in [3.63, 3.8) is 0 Å². The third-order valence-corrected chi connectivity index (χ3v) is 7.72. The van der Waals surface area contributed by atoms with Gasteiger partial charge in [0.1, 0.15) is 5.75 Å². The van der Waals surface area contributed by atoms with E-state index in [0.29, 0.717) is 18.8 Å². The number of aromatic nitrogens is 2. The molecule has 0 spiro atoms. The van der Waals surface area contributed by atoms with Crippen molar-refractivity contribution in [1.29, 1.82) is 0 Å². The van der Waals surface area contributed by atoms with Crippen LogP contribution in [-0.4, -0.2) is 35.9 Å². The predicted octanol–water partition coefficient (Wildman–Crippen LogP) is 4.92. The molecular formula is C27H30N4O3S. The molecule has 0 aliphatic carbocycles. The monoisotopic (exact) mass is 490 g/mol. The molecule has 0 saturated carbocycles. The molecule has 8 heteroatoms. The van der Waals surface area contributed by atoms with Gasteiger partial charge in [-0.05, 0) is 41.5 Å². The molecule has 3 aromatic carbocycles. The van der Waals surface area contributed by atoms with Crippen LogP contribution in [0.25, 0.3) is 11.3 Å². The van der Waals surface area contributed by atoms with Crippen LogP contribution in [0.5, 0.6) is 5.75 Å². The van der Waals surface area contributed by atoms with Crippen LogP contribution in [0.1, 0.15) is 18.1 Å². The maximum absolute atomic E-state index is 13.6. The van der Waals surface area contributed by atoms with Crippen LogP contribution in [0.2, 0.25) is 0 Å². The van der Waals surface area contributed by atoms with E-state index in [1.807, 2.05) is 85.4 Å². The molecule has 4 aromatic rings. The van der Waals surface area contributed by atoms with Gasteiger partial charge in [0.25, 0.3) is 0 Å². The van der Waals surface area contributed by atoms with Gasteiger partial charge in [-0.2, -0.15) is 4.31 Å². The van der Waals surface area contributed by atoms with Crippen molar-refractivity contribution in [1.82, 2.24) is 13.9 Å². The summed E-state index contributed by atoms with van der Waals surface area (Å²) in [5.74, 6) is 0.734. The lowest BCUT2D eigenvalue weighted by atomic mass is 10.1. The molecular weight excluding hydrogens is 460 g/mol. The summed E-state index contributed by atoms with van der Waals surface area (Å²) >= 11 is 0. The number of ether oxygens (including phenoxy) is 1. The van der Waals surface area contributed by atoms with Gasteiger partial charge in [0.15, 0.2) is 0 Å². The summed E-state index contributed by atoms with van der Waals surface area (Å²) in [6.07, 6.45) is 3.59. The number of nitrogens with one attached hydrogen (secondary N) is 1. The lowest BCUT2D eigenvalue weighted by Crippen LogP contribution is -2.30. The Bertz CT molecular complexity index is 1370. The lowest BCUT2D eigenvalue weighted by molar-refractivity contribution is 0.412. The zero-order valence-electron chi connectivity index (χ0n) is 20.2. The fourth-order valence-corrected chi connectivity index (χ4v) is 5.31. The predicted molar refractivity (Wildman–Crippen MR) is 139 cm³/mol. The van der Waals surface area contributed by atoms with Gasteiger partial charge in [0.2, 0.25) is 10.0 Å². The minimum atomic E-state index is -3.73. The molecule has 1 N–H and O–H groups in total. The van der Waals surface area contributed by atoms with Crippen LogP contribution in [-0.2, 0) is 30.2 Å². The van der Waals surface area contributed by atoms with Gasteiger partial charge in [-0.15, -0.1) is 0 Å². The molecule has 4 rings (SSSR count). The molecule has 0 amide bonds. The highest BCUT2D eigenvalue weighted by Crippen LogP contribution is 2.31. The van der Waals surface area contributed by atoms with E-state index in [4.69, 9.17) is 4.74 Å². The molecule has 0 bridgehead atoms. The molecule has 1 heterocycles. The van der Waals surface area contributed by atoms with Crippen molar-refractivity contribution in [3.8, 4) is 17.0 Å². The number of hydrogen-bond acceptors (Lipinski definition) is 5. The van der Waals surface area contributed by atoms with E-state index in [0.717, 1.165) is 28.1 Å². The number of sulfonamides is 1. The third-order valence-electron chi connectivity index (χ3n) is 5.81. The first-order valence-electron chi connectivity index (χ1n) is 11.4. The number of rotatable bonds is 10. The number of benzene rings is 3. The van der Waals surface area contributed by atoms with Crippen LogP contribution < -0.4 is 10.1 Å². The van der Waals surface area contributed by atoms with Gasteiger partial charge in [0, 0.05) is 44.1 Å². The van der Waals surface area contributed by atoms with Crippen molar-refractivity contribution in [3.05, 3.63) is 96.4 Å². The van der Waals surface area contributed by atoms with E-state index in [1.54, 1.807) is 25.6 Å². The quantitative estimate of drug-likeness (QED) is 0.342. The number of aryl methyl sites for hydroxylation is 1. The smallest absolute Gasteiger partial charge is 0.243 e. The summed E-state index contributed by atoms with van der Waals surface area (Å²) in [4.78, 5) is 4.71. The van der Waals surface area contributed by atoms with Crippen molar-refractivity contribution < 1.29 is 13.2 Å². The first-order chi connectivity index (χ1) is 16.9. The maximum atomic E-state index is 13.6. The van der Waals surface area contributed by atoms with Crippen LogP contribution in [0.4, 0.5) is 5.69 Å². The van der Waals surface area contributed by atoms with Gasteiger partial charge in [-0.25, -0.2) is 13.4 Å². The SMILES string of the molecule is CCN(Cc1ccc(OC)cc1)S(=O)(=O)c1ccc(NCc2ccccc2)c(-c2cn(C)cn2)c1. The van der Waals surface area contributed by atoms with Gasteiger partial charge in [0.05, 0.1) is 24.0 Å². The Kier molecular flexibility index (Phi) is 7.53. The molecule has 0 radical (unpaired) electrons. The van der Waals surface area contributed by atoms with Crippen LogP contribution in [0.15, 0.2) is 90.2 Å². The molecule has 0 atom stereocenters. The average Bonchev–Trinajstić information content (AvgIpc) is 3.32. The molecule has 1 aromatic heterocycles. The fourth-order valence-electron chi connectivity index (χ4n) is 3.85. The number of imidazole rings is 1. The summed E-state index contributed by atoms with van der Waals surface area (Å²) in [6.45, 7) is 3.08. The summed E-state index contributed by atoms with van der Waals surface area (Å²) < 4.78 is 35.8. The highest BCUT2D eigenvalue weighted by atomic mass is 32.2. The van der Waals surface area contributed by atoms with Gasteiger partial charge < -0.3 is 14.6 Å². The zero-order chi connectivity index (χ0) is 24.8. The van der Waals surface area contributed by atoms with Crippen molar-refractivity contribution in [2.45, 2.75) is 24.9 Å². The molecule has 0 aliphatic rings. The second kappa shape index (κ2) is 10.8. The third kappa shape index (κ3) is 5.72. The highest BCUT2D eigenvalue weighted by Gasteiger charge is 2.25. The second-order valence-corrected chi connectivity index (χ2v) is 10.2. The van der Waals surface area contributed by atoms with Crippen molar-refractivity contribution in [2.75, 3.05) is 19.0 Å². The Hall–Kier alpha value is -3.62. The van der Waals surface area contributed by atoms with E-state index in [9.17, 15) is 8.42 Å². The topological polar surface area (TPSA) is 76.5 Å². The molecule has 0 unspecified atom stereocenters. The highest BCUT2D eigenvalue weighted by molar-refractivity contribution is 7.89. The number of anilines is 1. The lowest BCUT2D eigenvalue weighted by Gasteiger charge is -2.22. The first-order valence-corrected chi connectivity index (χ1v) is 12.9. The summed E-state index contributed by atoms with van der Waals surface area (Å²) in [5.41, 5.74) is 4.29. The Morgan fingerprint density at radius 1 is 1.00 bits per heavy atom. The average molecular weight is 491 g/mol. The Morgan fingerprint density at radius 3 is 2.37 bits per heavy atom. The van der Waals surface area contributed by atoms with Crippen LogP contribution in [0.3, 0.4) is 0 Å². The van der Waals surface area contributed by atoms with E-state index in [1.165, 1.54) is 4.31 Å². The van der Waals surface area contributed by atoms with Crippen molar-refractivity contribution >= 4 is 15.7 Å². The zero-order valence-corrected chi connectivity index (χ0v) is 21.0. The van der Waals surface area contributed by atoms with E-state index in [-0.39, 0.29) is 11.4 Å². The van der Waals surface area contributed by atoms with Gasteiger partial charge in [-0.1, -0.05) is 49.4 Å². The Balaban J connectivity index is 1.65. The number of hydrogen-bond donors (Lipinski definition) is 1. The van der Waals surface area contributed by atoms with E-state index in [2.05, 4.69) is 10.3 Å². The molecule has 0 saturated heterocycles. The first kappa shape index (κ1) is 24.5. The van der Waals surface area contributed by atoms with Crippen LogP contribution in [0, 0.1) is 0 Å². The second-order valence-electron chi connectivity index (χ2n) is 8.25. The summed E-state index contributed by atoms with van der Waals surface area (Å²) in [6, 6.07) is 22.7.